The van der Waals surface area contributed by atoms with Crippen molar-refractivity contribution in [2.24, 2.45) is 11.8 Å². The topological polar surface area (TPSA) is 40.2 Å². The lowest BCUT2D eigenvalue weighted by Gasteiger charge is -2.40. The Balaban J connectivity index is 2.03. The van der Waals surface area contributed by atoms with Crippen LogP contribution in [0, 0.1) is 11.8 Å². The van der Waals surface area contributed by atoms with E-state index in [0.29, 0.717) is 18.1 Å². The van der Waals surface area contributed by atoms with Crippen molar-refractivity contribution in [3.8, 4) is 0 Å². The molecule has 1 saturated heterocycles. The maximum absolute atomic E-state index is 6.62. The predicted octanol–water partition coefficient (Wildman–Crippen LogP) is 9.19. The Hall–Kier alpha value is -0.160. The summed E-state index contributed by atoms with van der Waals surface area (Å²) >= 11 is 0. The molecule has 2 aliphatic rings. The first-order valence-corrected chi connectivity index (χ1v) is 15.8. The van der Waals surface area contributed by atoms with Crippen molar-refractivity contribution in [1.29, 1.82) is 0 Å². The van der Waals surface area contributed by atoms with Crippen LogP contribution in [0.1, 0.15) is 150 Å². The fraction of sp³-hybridized carbons (Fsp3) is 1.00. The van der Waals surface area contributed by atoms with Crippen LogP contribution in [-0.4, -0.2) is 38.0 Å². The zero-order chi connectivity index (χ0) is 25.2. The van der Waals surface area contributed by atoms with Crippen LogP contribution in [0.5, 0.6) is 0 Å². The lowest BCUT2D eigenvalue weighted by molar-refractivity contribution is -0.407. The van der Waals surface area contributed by atoms with Crippen molar-refractivity contribution in [1.82, 2.24) is 0 Å². The average molecular weight is 497 g/mol. The molecular weight excluding hydrogens is 436 g/mol. The highest BCUT2D eigenvalue weighted by atomic mass is 16.9. The minimum Gasteiger partial charge on any atom is -0.370 e. The Morgan fingerprint density at radius 1 is 0.629 bits per heavy atom. The molecule has 4 atom stereocenters. The molecule has 1 heterocycles. The first-order chi connectivity index (χ1) is 17.2. The molecule has 2 fully saturated rings. The molecule has 1 aliphatic heterocycles. The molecule has 0 bridgehead atoms. The molecular formula is C31H60O4. The minimum absolute atomic E-state index is 0.313. The first-order valence-electron chi connectivity index (χ1n) is 15.8. The maximum Gasteiger partial charge on any atom is 0.285 e. The van der Waals surface area contributed by atoms with Crippen LogP contribution >= 0.6 is 0 Å². The van der Waals surface area contributed by atoms with E-state index in [2.05, 4.69) is 27.7 Å². The van der Waals surface area contributed by atoms with Crippen LogP contribution in [0.2, 0.25) is 0 Å². The van der Waals surface area contributed by atoms with E-state index in [1.165, 1.54) is 70.6 Å². The van der Waals surface area contributed by atoms with Gasteiger partial charge in [-0.2, -0.15) is 0 Å². The van der Waals surface area contributed by atoms with Gasteiger partial charge in [0.15, 0.2) is 0 Å². The van der Waals surface area contributed by atoms with Gasteiger partial charge in [0.05, 0.1) is 32.0 Å². The van der Waals surface area contributed by atoms with E-state index in [1.807, 2.05) is 0 Å². The second-order valence-electron chi connectivity index (χ2n) is 11.3. The molecule has 4 unspecified atom stereocenters. The van der Waals surface area contributed by atoms with Gasteiger partial charge in [-0.15, -0.1) is 0 Å². The molecule has 0 aromatic rings. The molecule has 208 valence electrons. The molecule has 0 aromatic carbocycles. The van der Waals surface area contributed by atoms with Crippen LogP contribution in [0.25, 0.3) is 0 Å². The number of unbranched alkanes of at least 4 members (excludes halogenated alkanes) is 8. The quantitative estimate of drug-likeness (QED) is 0.0758. The summed E-state index contributed by atoms with van der Waals surface area (Å²) in [6, 6.07) is 0. The molecule has 2 rings (SSSR count). The molecule has 35 heavy (non-hydrogen) atoms. The Labute approximate surface area is 218 Å². The van der Waals surface area contributed by atoms with Crippen molar-refractivity contribution in [2.45, 2.75) is 168 Å². The van der Waals surface area contributed by atoms with Crippen LogP contribution in [-0.2, 0) is 18.9 Å². The third kappa shape index (κ3) is 12.3. The molecule has 1 saturated carbocycles. The van der Waals surface area contributed by atoms with E-state index in [-0.39, 0.29) is 0 Å². The highest BCUT2D eigenvalue weighted by molar-refractivity contribution is 4.91. The van der Waals surface area contributed by atoms with Crippen molar-refractivity contribution in [2.75, 3.05) is 19.8 Å². The van der Waals surface area contributed by atoms with E-state index >= 15 is 0 Å². The lowest BCUT2D eigenvalue weighted by Crippen LogP contribution is -2.47. The molecule has 0 spiro atoms. The van der Waals surface area contributed by atoms with Crippen LogP contribution in [0.4, 0.5) is 0 Å². The highest BCUT2D eigenvalue weighted by Gasteiger charge is 2.44. The van der Waals surface area contributed by atoms with Crippen molar-refractivity contribution in [3.05, 3.63) is 0 Å². The van der Waals surface area contributed by atoms with Gasteiger partial charge in [-0.3, -0.25) is 0 Å². The number of hydrogen-bond acceptors (Lipinski definition) is 4. The minimum atomic E-state index is -0.861. The van der Waals surface area contributed by atoms with Gasteiger partial charge in [0.1, 0.15) is 0 Å². The van der Waals surface area contributed by atoms with Gasteiger partial charge in [-0.05, 0) is 57.3 Å². The second kappa shape index (κ2) is 19.0. The van der Waals surface area contributed by atoms with Gasteiger partial charge >= 0.3 is 0 Å². The third-order valence-electron chi connectivity index (χ3n) is 8.09. The fourth-order valence-electron chi connectivity index (χ4n) is 5.63. The normalized spacial score (nSPS) is 22.8. The summed E-state index contributed by atoms with van der Waals surface area (Å²) in [5.74, 6) is 0.291. The standard InChI is InChI=1S/C31H60O4/c1-5-9-13-14-15-16-19-28(20-17-18-27-21-22-29-30(26-27)35-29)31(32-23-10-6-2,33-24-11-7-3)34-25-12-8-4/h27-30H,5-26H2,1-4H3. The summed E-state index contributed by atoms with van der Waals surface area (Å²) in [6.07, 6.45) is 24.5. The van der Waals surface area contributed by atoms with Crippen LogP contribution in [0.3, 0.4) is 0 Å². The van der Waals surface area contributed by atoms with E-state index in [9.17, 15) is 0 Å². The summed E-state index contributed by atoms with van der Waals surface area (Å²) < 4.78 is 25.7. The van der Waals surface area contributed by atoms with E-state index in [1.54, 1.807) is 0 Å². The summed E-state index contributed by atoms with van der Waals surface area (Å²) in [5, 5.41) is 0. The molecule has 4 nitrogen and oxygen atoms in total. The van der Waals surface area contributed by atoms with Gasteiger partial charge in [0, 0.05) is 5.92 Å². The van der Waals surface area contributed by atoms with Crippen LogP contribution < -0.4 is 0 Å². The summed E-state index contributed by atoms with van der Waals surface area (Å²) in [6.45, 7) is 11.2. The van der Waals surface area contributed by atoms with Gasteiger partial charge in [-0.25, -0.2) is 0 Å². The smallest absolute Gasteiger partial charge is 0.285 e. The largest absolute Gasteiger partial charge is 0.370 e. The Kier molecular flexibility index (Phi) is 16.9. The monoisotopic (exact) mass is 496 g/mol. The molecule has 0 amide bonds. The number of ether oxygens (including phenoxy) is 4. The highest BCUT2D eigenvalue weighted by Crippen LogP contribution is 2.42. The molecule has 0 aromatic heterocycles. The Morgan fingerprint density at radius 2 is 1.17 bits per heavy atom. The van der Waals surface area contributed by atoms with Crippen molar-refractivity contribution in [3.63, 3.8) is 0 Å². The summed E-state index contributed by atoms with van der Waals surface area (Å²) in [4.78, 5) is 0. The SMILES string of the molecule is CCCCCCCCC(CCCC1CCC2OC2C1)C(OCCCC)(OCCCC)OCCCC. The summed E-state index contributed by atoms with van der Waals surface area (Å²) in [7, 11) is 0. The third-order valence-corrected chi connectivity index (χ3v) is 8.09. The maximum atomic E-state index is 6.62. The van der Waals surface area contributed by atoms with Crippen molar-refractivity contribution >= 4 is 0 Å². The number of epoxide rings is 1. The Bertz CT molecular complexity index is 470. The van der Waals surface area contributed by atoms with E-state index < -0.39 is 5.97 Å². The van der Waals surface area contributed by atoms with Gasteiger partial charge in [0.25, 0.3) is 5.97 Å². The Morgan fingerprint density at radius 3 is 1.74 bits per heavy atom. The molecule has 0 N–H and O–H groups in total. The fourth-order valence-corrected chi connectivity index (χ4v) is 5.63. The zero-order valence-corrected chi connectivity index (χ0v) is 24.0. The van der Waals surface area contributed by atoms with Crippen LogP contribution in [0.15, 0.2) is 0 Å². The molecule has 0 radical (unpaired) electrons. The molecule has 4 heteroatoms. The number of rotatable bonds is 24. The lowest BCUT2D eigenvalue weighted by atomic mass is 9.84. The van der Waals surface area contributed by atoms with E-state index in [4.69, 9.17) is 18.9 Å². The zero-order valence-electron chi connectivity index (χ0n) is 24.0. The number of fused-ring (bicyclic) bond motifs is 1. The van der Waals surface area contributed by atoms with Crippen molar-refractivity contribution < 1.29 is 18.9 Å². The second-order valence-corrected chi connectivity index (χ2v) is 11.3. The van der Waals surface area contributed by atoms with Gasteiger partial charge in [-0.1, -0.05) is 98.3 Å². The summed E-state index contributed by atoms with van der Waals surface area (Å²) in [5.41, 5.74) is 0. The predicted molar refractivity (Wildman–Crippen MR) is 147 cm³/mol. The molecule has 1 aliphatic carbocycles. The number of hydrogen-bond donors (Lipinski definition) is 0. The first kappa shape index (κ1) is 31.1. The van der Waals surface area contributed by atoms with Gasteiger partial charge in [0.2, 0.25) is 0 Å². The average Bonchev–Trinajstić information content (AvgIpc) is 3.64. The van der Waals surface area contributed by atoms with Gasteiger partial charge < -0.3 is 18.9 Å². The van der Waals surface area contributed by atoms with E-state index in [0.717, 1.165) is 77.1 Å².